The van der Waals surface area contributed by atoms with Crippen molar-refractivity contribution < 1.29 is 4.79 Å². The first-order valence-corrected chi connectivity index (χ1v) is 6.75. The monoisotopic (exact) mass is 309 g/mol. The van der Waals surface area contributed by atoms with Crippen molar-refractivity contribution in [2.75, 3.05) is 5.32 Å². The van der Waals surface area contributed by atoms with Crippen LogP contribution in [0.1, 0.15) is 18.5 Å². The van der Waals surface area contributed by atoms with Gasteiger partial charge in [-0.25, -0.2) is 4.79 Å². The maximum absolute atomic E-state index is 11.9. The average Bonchev–Trinajstić information content (AvgIpc) is 2.45. The minimum Gasteiger partial charge on any atom is -0.331 e. The third-order valence-electron chi connectivity index (χ3n) is 2.73. The molecule has 2 rings (SSSR count). The second-order valence-electron chi connectivity index (χ2n) is 4.21. The van der Waals surface area contributed by atoms with Gasteiger partial charge in [-0.2, -0.15) is 0 Å². The molecule has 4 nitrogen and oxygen atoms in total. The Hall–Kier alpha value is -1.78. The van der Waals surface area contributed by atoms with Crippen LogP contribution in [0.3, 0.4) is 0 Å². The maximum atomic E-state index is 11.9. The van der Waals surface area contributed by atoms with E-state index in [2.05, 4.69) is 15.6 Å². The minimum absolute atomic E-state index is 0.165. The first-order chi connectivity index (χ1) is 9.58. The van der Waals surface area contributed by atoms with Gasteiger partial charge in [-0.3, -0.25) is 4.98 Å². The van der Waals surface area contributed by atoms with Gasteiger partial charge in [0, 0.05) is 12.4 Å². The zero-order valence-corrected chi connectivity index (χ0v) is 12.2. The molecule has 0 saturated carbocycles. The van der Waals surface area contributed by atoms with Gasteiger partial charge in [0.15, 0.2) is 0 Å². The number of amides is 2. The molecule has 1 atom stereocenters. The fraction of sp³-hybridized carbons (Fsp3) is 0.143. The van der Waals surface area contributed by atoms with Gasteiger partial charge in [-0.15, -0.1) is 0 Å². The quantitative estimate of drug-likeness (QED) is 0.889. The average molecular weight is 310 g/mol. The lowest BCUT2D eigenvalue weighted by atomic mass is 10.1. The van der Waals surface area contributed by atoms with Gasteiger partial charge in [-0.05, 0) is 30.7 Å². The Kier molecular flexibility index (Phi) is 4.82. The fourth-order valence-electron chi connectivity index (χ4n) is 1.67. The highest BCUT2D eigenvalue weighted by Crippen LogP contribution is 2.29. The molecular formula is C14H13Cl2N3O. The Morgan fingerprint density at radius 2 is 2.05 bits per heavy atom. The number of hydrogen-bond donors (Lipinski definition) is 2. The minimum atomic E-state index is -0.356. The molecule has 0 aliphatic carbocycles. The standard InChI is InChI=1S/C14H13Cl2N3O/c1-9(10-4-3-7-17-8-10)18-14(20)19-12-6-2-5-11(15)13(12)16/h2-9H,1H3,(H2,18,19,20)/t9-/m1/s1. The van der Waals surface area contributed by atoms with Crippen LogP contribution in [0.25, 0.3) is 0 Å². The zero-order chi connectivity index (χ0) is 14.5. The summed E-state index contributed by atoms with van der Waals surface area (Å²) in [6.07, 6.45) is 3.39. The molecule has 1 aromatic heterocycles. The number of hydrogen-bond acceptors (Lipinski definition) is 2. The van der Waals surface area contributed by atoms with Gasteiger partial charge in [0.1, 0.15) is 0 Å². The second-order valence-corrected chi connectivity index (χ2v) is 4.99. The molecule has 0 fully saturated rings. The SMILES string of the molecule is C[C@@H](NC(=O)Nc1cccc(Cl)c1Cl)c1cccnc1. The van der Waals surface area contributed by atoms with Crippen molar-refractivity contribution in [3.63, 3.8) is 0 Å². The fourth-order valence-corrected chi connectivity index (χ4v) is 2.02. The summed E-state index contributed by atoms with van der Waals surface area (Å²) in [4.78, 5) is 15.9. The predicted octanol–water partition coefficient (Wildman–Crippen LogP) is 4.27. The molecule has 0 bridgehead atoms. The van der Waals surface area contributed by atoms with E-state index in [-0.39, 0.29) is 12.1 Å². The van der Waals surface area contributed by atoms with Gasteiger partial charge in [0.25, 0.3) is 0 Å². The van der Waals surface area contributed by atoms with E-state index in [0.717, 1.165) is 5.56 Å². The lowest BCUT2D eigenvalue weighted by Crippen LogP contribution is -2.31. The van der Waals surface area contributed by atoms with Crippen LogP contribution in [-0.2, 0) is 0 Å². The van der Waals surface area contributed by atoms with E-state index in [0.29, 0.717) is 15.7 Å². The van der Waals surface area contributed by atoms with Crippen molar-refractivity contribution in [3.05, 3.63) is 58.3 Å². The third kappa shape index (κ3) is 3.62. The Morgan fingerprint density at radius 3 is 2.75 bits per heavy atom. The van der Waals surface area contributed by atoms with Crippen LogP contribution in [-0.4, -0.2) is 11.0 Å². The van der Waals surface area contributed by atoms with Crippen LogP contribution in [0.5, 0.6) is 0 Å². The molecule has 2 N–H and O–H groups in total. The van der Waals surface area contributed by atoms with Crippen molar-refractivity contribution in [3.8, 4) is 0 Å². The number of nitrogens with zero attached hydrogens (tertiary/aromatic N) is 1. The summed E-state index contributed by atoms with van der Waals surface area (Å²) in [5, 5.41) is 6.18. The van der Waals surface area contributed by atoms with Crippen molar-refractivity contribution in [2.45, 2.75) is 13.0 Å². The van der Waals surface area contributed by atoms with Crippen molar-refractivity contribution in [1.29, 1.82) is 0 Å². The van der Waals surface area contributed by atoms with Crippen LogP contribution in [0.4, 0.5) is 10.5 Å². The van der Waals surface area contributed by atoms with E-state index < -0.39 is 0 Å². The van der Waals surface area contributed by atoms with Gasteiger partial charge >= 0.3 is 6.03 Å². The van der Waals surface area contributed by atoms with Crippen molar-refractivity contribution in [1.82, 2.24) is 10.3 Å². The molecule has 1 aromatic carbocycles. The summed E-state index contributed by atoms with van der Waals surface area (Å²) in [5.41, 5.74) is 1.38. The normalized spacial score (nSPS) is 11.8. The van der Waals surface area contributed by atoms with Gasteiger partial charge < -0.3 is 10.6 Å². The molecule has 0 aliphatic heterocycles. The van der Waals surface area contributed by atoms with E-state index >= 15 is 0 Å². The summed E-state index contributed by atoms with van der Waals surface area (Å²) >= 11 is 11.9. The Labute approximate surface area is 127 Å². The molecule has 2 aromatic rings. The van der Waals surface area contributed by atoms with E-state index in [1.165, 1.54) is 0 Å². The number of benzene rings is 1. The summed E-state index contributed by atoms with van der Waals surface area (Å²) in [5.74, 6) is 0. The molecule has 1 heterocycles. The summed E-state index contributed by atoms with van der Waals surface area (Å²) in [7, 11) is 0. The topological polar surface area (TPSA) is 54.0 Å². The van der Waals surface area contributed by atoms with E-state index in [1.54, 1.807) is 30.6 Å². The zero-order valence-electron chi connectivity index (χ0n) is 10.7. The molecule has 20 heavy (non-hydrogen) atoms. The molecule has 104 valence electrons. The van der Waals surface area contributed by atoms with Crippen LogP contribution in [0, 0.1) is 0 Å². The molecule has 0 unspecified atom stereocenters. The second kappa shape index (κ2) is 6.59. The molecule has 0 spiro atoms. The number of anilines is 1. The summed E-state index contributed by atoms with van der Waals surface area (Å²) in [6, 6.07) is 8.25. The largest absolute Gasteiger partial charge is 0.331 e. The highest BCUT2D eigenvalue weighted by Gasteiger charge is 2.11. The number of urea groups is 1. The van der Waals surface area contributed by atoms with E-state index in [9.17, 15) is 4.79 Å². The Balaban J connectivity index is 2.01. The van der Waals surface area contributed by atoms with Crippen LogP contribution in [0.2, 0.25) is 10.0 Å². The number of aromatic nitrogens is 1. The molecule has 0 saturated heterocycles. The molecule has 2 amide bonds. The Morgan fingerprint density at radius 1 is 1.25 bits per heavy atom. The Bertz CT molecular complexity index is 605. The number of halogens is 2. The van der Waals surface area contributed by atoms with E-state index in [4.69, 9.17) is 23.2 Å². The number of rotatable bonds is 3. The number of carbonyl (C=O) groups is 1. The van der Waals surface area contributed by atoms with Gasteiger partial charge in [-0.1, -0.05) is 35.3 Å². The highest BCUT2D eigenvalue weighted by atomic mass is 35.5. The molecule has 6 heteroatoms. The lowest BCUT2D eigenvalue weighted by Gasteiger charge is -2.15. The van der Waals surface area contributed by atoms with Crippen LogP contribution < -0.4 is 10.6 Å². The first-order valence-electron chi connectivity index (χ1n) is 5.99. The lowest BCUT2D eigenvalue weighted by molar-refractivity contribution is 0.249. The van der Waals surface area contributed by atoms with E-state index in [1.807, 2.05) is 19.1 Å². The van der Waals surface area contributed by atoms with Crippen molar-refractivity contribution in [2.24, 2.45) is 0 Å². The number of nitrogens with one attached hydrogen (secondary N) is 2. The van der Waals surface area contributed by atoms with Crippen LogP contribution >= 0.6 is 23.2 Å². The molecule has 0 aliphatic rings. The molecule has 0 radical (unpaired) electrons. The number of carbonyl (C=O) groups excluding carboxylic acids is 1. The highest BCUT2D eigenvalue weighted by molar-refractivity contribution is 6.43. The first kappa shape index (κ1) is 14.6. The third-order valence-corrected chi connectivity index (χ3v) is 3.55. The molecular weight excluding hydrogens is 297 g/mol. The van der Waals surface area contributed by atoms with Gasteiger partial charge in [0.2, 0.25) is 0 Å². The predicted molar refractivity (Wildman–Crippen MR) is 81.3 cm³/mol. The van der Waals surface area contributed by atoms with Crippen LogP contribution in [0.15, 0.2) is 42.7 Å². The van der Waals surface area contributed by atoms with Gasteiger partial charge in [0.05, 0.1) is 21.8 Å². The number of pyridine rings is 1. The summed E-state index contributed by atoms with van der Waals surface area (Å²) in [6.45, 7) is 1.87. The summed E-state index contributed by atoms with van der Waals surface area (Å²) < 4.78 is 0. The smallest absolute Gasteiger partial charge is 0.319 e. The maximum Gasteiger partial charge on any atom is 0.319 e. The van der Waals surface area contributed by atoms with Crippen molar-refractivity contribution >= 4 is 34.9 Å².